The third kappa shape index (κ3) is 3.48. The molecule has 142 valence electrons. The van der Waals surface area contributed by atoms with Crippen LogP contribution in [0.4, 0.5) is 10.3 Å². The number of nitrogens with zero attached hydrogens (tertiary/aromatic N) is 4. The minimum Gasteiger partial charge on any atom is -0.414 e. The molecule has 0 fully saturated rings. The minimum absolute atomic E-state index is 0.00977. The van der Waals surface area contributed by atoms with Crippen LogP contribution >= 0.6 is 11.6 Å². The van der Waals surface area contributed by atoms with Gasteiger partial charge in [-0.3, -0.25) is 4.57 Å². The van der Waals surface area contributed by atoms with Crippen molar-refractivity contribution in [3.05, 3.63) is 23.4 Å². The normalized spacial score (nSPS) is 21.4. The standard InChI is InChI=1S/C16H23ClFN5O2Si/c1-16(2,3)26(4,5)24-7-9-6-10(18)14(25-9)23-8-20-11-12(17)21-15(19)22-13(11)23/h6,8-9,14H,7H2,1-5H3,(H2,19,21,22)/t9-,14-/m0/s1. The molecule has 2 atom stereocenters. The van der Waals surface area contributed by atoms with Crippen molar-refractivity contribution in [1.29, 1.82) is 0 Å². The maximum atomic E-state index is 14.5. The zero-order valence-electron chi connectivity index (χ0n) is 15.5. The van der Waals surface area contributed by atoms with Crippen LogP contribution in [0.3, 0.4) is 0 Å². The molecule has 0 saturated heterocycles. The van der Waals surface area contributed by atoms with Gasteiger partial charge in [-0.15, -0.1) is 0 Å². The molecule has 1 aliphatic heterocycles. The molecule has 10 heteroatoms. The average Bonchev–Trinajstić information content (AvgIpc) is 3.07. The number of nitrogen functional groups attached to an aromatic ring is 1. The summed E-state index contributed by atoms with van der Waals surface area (Å²) in [6.45, 7) is 11.0. The molecular weight excluding hydrogens is 377 g/mol. The number of ether oxygens (including phenoxy) is 1. The molecule has 0 radical (unpaired) electrons. The smallest absolute Gasteiger partial charge is 0.223 e. The predicted molar refractivity (Wildman–Crippen MR) is 101 cm³/mol. The molecule has 0 saturated carbocycles. The lowest BCUT2D eigenvalue weighted by molar-refractivity contribution is -0.0150. The van der Waals surface area contributed by atoms with Crippen molar-refractivity contribution in [2.24, 2.45) is 0 Å². The first-order valence-corrected chi connectivity index (χ1v) is 11.6. The fourth-order valence-corrected chi connectivity index (χ4v) is 3.63. The largest absolute Gasteiger partial charge is 0.414 e. The van der Waals surface area contributed by atoms with Gasteiger partial charge in [0.15, 0.2) is 25.3 Å². The molecule has 2 aromatic heterocycles. The molecule has 2 aromatic rings. The molecule has 0 unspecified atom stereocenters. The van der Waals surface area contributed by atoms with Crippen LogP contribution in [0.15, 0.2) is 18.2 Å². The Morgan fingerprint density at radius 3 is 2.73 bits per heavy atom. The predicted octanol–water partition coefficient (Wildman–Crippen LogP) is 3.83. The molecule has 3 rings (SSSR count). The number of aromatic nitrogens is 4. The highest BCUT2D eigenvalue weighted by Crippen LogP contribution is 2.38. The number of fused-ring (bicyclic) bond motifs is 1. The van der Waals surface area contributed by atoms with Gasteiger partial charge in [0.2, 0.25) is 5.95 Å². The van der Waals surface area contributed by atoms with Gasteiger partial charge in [0, 0.05) is 0 Å². The summed E-state index contributed by atoms with van der Waals surface area (Å²) in [7, 11) is -1.95. The van der Waals surface area contributed by atoms with E-state index in [1.54, 1.807) is 0 Å². The first-order valence-electron chi connectivity index (χ1n) is 8.32. The quantitative estimate of drug-likeness (QED) is 0.620. The lowest BCUT2D eigenvalue weighted by Gasteiger charge is -2.36. The molecule has 0 amide bonds. The summed E-state index contributed by atoms with van der Waals surface area (Å²) in [6.07, 6.45) is 1.38. The zero-order valence-corrected chi connectivity index (χ0v) is 17.2. The van der Waals surface area contributed by atoms with E-state index in [9.17, 15) is 4.39 Å². The topological polar surface area (TPSA) is 88.1 Å². The van der Waals surface area contributed by atoms with Gasteiger partial charge in [0.05, 0.1) is 12.9 Å². The van der Waals surface area contributed by atoms with E-state index in [1.165, 1.54) is 17.0 Å². The summed E-state index contributed by atoms with van der Waals surface area (Å²) < 4.78 is 27.9. The maximum Gasteiger partial charge on any atom is 0.223 e. The van der Waals surface area contributed by atoms with E-state index in [1.807, 2.05) is 0 Å². The van der Waals surface area contributed by atoms with Gasteiger partial charge in [-0.1, -0.05) is 32.4 Å². The molecule has 0 aliphatic carbocycles. The first kappa shape index (κ1) is 19.2. The molecule has 7 nitrogen and oxygen atoms in total. The second-order valence-electron chi connectivity index (χ2n) is 7.85. The van der Waals surface area contributed by atoms with Crippen molar-refractivity contribution in [1.82, 2.24) is 19.5 Å². The molecule has 3 heterocycles. The van der Waals surface area contributed by atoms with Crippen LogP contribution in [0.1, 0.15) is 27.0 Å². The SMILES string of the molecule is CC(C)(C)[Si](C)(C)OC[C@@H]1C=C(F)[C@@H](n2cnc3c(Cl)nc(N)nc32)O1. The van der Waals surface area contributed by atoms with Crippen LogP contribution < -0.4 is 5.73 Å². The Morgan fingerprint density at radius 2 is 2.08 bits per heavy atom. The number of anilines is 1. The molecule has 0 aromatic carbocycles. The second-order valence-corrected chi connectivity index (χ2v) is 13.0. The third-order valence-corrected chi connectivity index (χ3v) is 9.71. The fraction of sp³-hybridized carbons (Fsp3) is 0.562. The van der Waals surface area contributed by atoms with Crippen LogP contribution in [0, 0.1) is 0 Å². The lowest BCUT2D eigenvalue weighted by atomic mass is 10.2. The summed E-state index contributed by atoms with van der Waals surface area (Å²) in [5.41, 5.74) is 6.30. The molecule has 2 N–H and O–H groups in total. The third-order valence-electron chi connectivity index (χ3n) is 4.95. The van der Waals surface area contributed by atoms with Crippen molar-refractivity contribution in [2.45, 2.75) is 51.2 Å². The van der Waals surface area contributed by atoms with E-state index in [4.69, 9.17) is 26.5 Å². The van der Waals surface area contributed by atoms with Crippen LogP contribution in [0.25, 0.3) is 11.2 Å². The van der Waals surface area contributed by atoms with E-state index < -0.39 is 26.5 Å². The van der Waals surface area contributed by atoms with Gasteiger partial charge in [-0.25, -0.2) is 9.37 Å². The van der Waals surface area contributed by atoms with Crippen molar-refractivity contribution in [2.75, 3.05) is 12.3 Å². The average molecular weight is 400 g/mol. The Morgan fingerprint density at radius 1 is 1.38 bits per heavy atom. The number of hydrogen-bond acceptors (Lipinski definition) is 6. The van der Waals surface area contributed by atoms with Gasteiger partial charge >= 0.3 is 0 Å². The van der Waals surface area contributed by atoms with Crippen molar-refractivity contribution >= 4 is 37.0 Å². The Kier molecular flexibility index (Phi) is 4.85. The summed E-state index contributed by atoms with van der Waals surface area (Å²) in [5, 5.41) is 0.186. The van der Waals surface area contributed by atoms with Gasteiger partial charge in [-0.05, 0) is 24.2 Å². The van der Waals surface area contributed by atoms with E-state index in [-0.39, 0.29) is 16.1 Å². The van der Waals surface area contributed by atoms with Crippen LogP contribution in [-0.2, 0) is 9.16 Å². The van der Waals surface area contributed by atoms with Crippen LogP contribution in [0.2, 0.25) is 23.3 Å². The summed E-state index contributed by atoms with van der Waals surface area (Å²) in [4.78, 5) is 12.1. The van der Waals surface area contributed by atoms with Gasteiger partial charge in [-0.2, -0.15) is 9.97 Å². The Labute approximate surface area is 157 Å². The molecule has 26 heavy (non-hydrogen) atoms. The van der Waals surface area contributed by atoms with Crippen molar-refractivity contribution in [3.8, 4) is 0 Å². The van der Waals surface area contributed by atoms with Crippen LogP contribution in [0.5, 0.6) is 0 Å². The molecule has 0 spiro atoms. The van der Waals surface area contributed by atoms with Gasteiger partial charge in [0.1, 0.15) is 17.4 Å². The Bertz CT molecular complexity index is 864. The van der Waals surface area contributed by atoms with E-state index >= 15 is 0 Å². The van der Waals surface area contributed by atoms with E-state index in [0.717, 1.165) is 0 Å². The second kappa shape index (κ2) is 6.56. The zero-order chi connectivity index (χ0) is 19.3. The number of rotatable bonds is 4. The lowest BCUT2D eigenvalue weighted by Crippen LogP contribution is -2.42. The molecule has 1 aliphatic rings. The van der Waals surface area contributed by atoms with Gasteiger partial charge < -0.3 is 14.9 Å². The first-order chi connectivity index (χ1) is 12.0. The number of hydrogen-bond donors (Lipinski definition) is 1. The van der Waals surface area contributed by atoms with E-state index in [0.29, 0.717) is 17.8 Å². The minimum atomic E-state index is -1.95. The van der Waals surface area contributed by atoms with Crippen LogP contribution in [-0.4, -0.2) is 40.5 Å². The Hall–Kier alpha value is -1.55. The number of nitrogens with two attached hydrogens (primary N) is 1. The number of halogens is 2. The fourth-order valence-electron chi connectivity index (χ4n) is 2.39. The number of imidazole rings is 1. The highest BCUT2D eigenvalue weighted by Gasteiger charge is 2.39. The monoisotopic (exact) mass is 399 g/mol. The summed E-state index contributed by atoms with van der Waals surface area (Å²) in [5.74, 6) is -0.439. The Balaban J connectivity index is 1.78. The molecular formula is C16H23ClFN5O2Si. The molecule has 0 bridgehead atoms. The van der Waals surface area contributed by atoms with Crippen molar-refractivity contribution in [3.63, 3.8) is 0 Å². The summed E-state index contributed by atoms with van der Waals surface area (Å²) >= 11 is 6.02. The highest BCUT2D eigenvalue weighted by molar-refractivity contribution is 6.74. The summed E-state index contributed by atoms with van der Waals surface area (Å²) in [6, 6.07) is 0. The van der Waals surface area contributed by atoms with E-state index in [2.05, 4.69) is 48.8 Å². The maximum absolute atomic E-state index is 14.5. The highest BCUT2D eigenvalue weighted by atomic mass is 35.5. The van der Waals surface area contributed by atoms with Crippen molar-refractivity contribution < 1.29 is 13.6 Å². The van der Waals surface area contributed by atoms with Gasteiger partial charge in [0.25, 0.3) is 0 Å².